The molecule has 0 unspecified atom stereocenters. The highest BCUT2D eigenvalue weighted by molar-refractivity contribution is 7.14. The van der Waals surface area contributed by atoms with E-state index in [-0.39, 0.29) is 10.8 Å². The van der Waals surface area contributed by atoms with Gasteiger partial charge in [0.25, 0.3) is 0 Å². The molecule has 0 atom stereocenters. The summed E-state index contributed by atoms with van der Waals surface area (Å²) in [6, 6.07) is 10.4. The summed E-state index contributed by atoms with van der Waals surface area (Å²) < 4.78 is 39.1. The Morgan fingerprint density at radius 3 is 2.42 bits per heavy atom. The van der Waals surface area contributed by atoms with Gasteiger partial charge in [0.05, 0.1) is 16.9 Å². The van der Waals surface area contributed by atoms with Gasteiger partial charge in [-0.1, -0.05) is 6.07 Å². The van der Waals surface area contributed by atoms with Gasteiger partial charge in [0.15, 0.2) is 5.13 Å². The van der Waals surface area contributed by atoms with Gasteiger partial charge in [0.2, 0.25) is 17.7 Å². The van der Waals surface area contributed by atoms with E-state index >= 15 is 0 Å². The first-order valence-corrected chi connectivity index (χ1v) is 10.2. The summed E-state index contributed by atoms with van der Waals surface area (Å²) in [5.41, 5.74) is 5.39. The fourth-order valence-corrected chi connectivity index (χ4v) is 3.62. The largest absolute Gasteiger partial charge is 0.416 e. The molecule has 0 saturated heterocycles. The molecule has 0 fully saturated rings. The zero-order valence-corrected chi connectivity index (χ0v) is 17.9. The fraction of sp³-hybridized carbons (Fsp3) is 0.0909. The third-order valence-electron chi connectivity index (χ3n) is 4.29. The number of hydrogen-bond acceptors (Lipinski definition) is 5. The molecule has 3 aromatic rings. The highest BCUT2D eigenvalue weighted by Gasteiger charge is 2.31. The topological polar surface area (TPSA) is 105 Å². The number of thiazole rings is 1. The average molecular weight is 474 g/mol. The van der Waals surface area contributed by atoms with Crippen molar-refractivity contribution in [3.05, 3.63) is 76.8 Å². The van der Waals surface area contributed by atoms with Crippen LogP contribution in [0.25, 0.3) is 6.08 Å². The van der Waals surface area contributed by atoms with Gasteiger partial charge in [-0.25, -0.2) is 4.98 Å². The maximum atomic E-state index is 13.0. The summed E-state index contributed by atoms with van der Waals surface area (Å²) in [4.78, 5) is 40.7. The second-order valence-electron chi connectivity index (χ2n) is 6.72. The summed E-state index contributed by atoms with van der Waals surface area (Å²) in [6.07, 6.45) is -1.94. The van der Waals surface area contributed by atoms with Crippen molar-refractivity contribution in [2.24, 2.45) is 5.73 Å². The molecule has 3 amide bonds. The smallest absolute Gasteiger partial charge is 0.366 e. The minimum absolute atomic E-state index is 0.0272. The molecule has 33 heavy (non-hydrogen) atoms. The molecule has 0 aliphatic rings. The number of aromatic nitrogens is 1. The van der Waals surface area contributed by atoms with Crippen LogP contribution in [-0.2, 0) is 15.8 Å². The van der Waals surface area contributed by atoms with Crippen LogP contribution in [-0.4, -0.2) is 22.7 Å². The first-order valence-electron chi connectivity index (χ1n) is 9.37. The number of hydrogen-bond donors (Lipinski definition) is 2. The van der Waals surface area contributed by atoms with Crippen molar-refractivity contribution in [3.63, 3.8) is 0 Å². The van der Waals surface area contributed by atoms with Crippen LogP contribution in [0.15, 0.2) is 60.0 Å². The minimum atomic E-state index is -4.55. The second-order valence-corrected chi connectivity index (χ2v) is 7.56. The Labute approximate surface area is 190 Å². The van der Waals surface area contributed by atoms with E-state index in [0.717, 1.165) is 28.4 Å². The van der Waals surface area contributed by atoms with E-state index < -0.39 is 29.5 Å². The van der Waals surface area contributed by atoms with Crippen molar-refractivity contribution in [1.82, 2.24) is 4.98 Å². The van der Waals surface area contributed by atoms with Gasteiger partial charge in [-0.3, -0.25) is 19.3 Å². The van der Waals surface area contributed by atoms with E-state index in [1.807, 2.05) is 0 Å². The van der Waals surface area contributed by atoms with Crippen LogP contribution in [0.1, 0.15) is 28.5 Å². The van der Waals surface area contributed by atoms with E-state index in [0.29, 0.717) is 16.9 Å². The molecule has 0 radical (unpaired) electrons. The van der Waals surface area contributed by atoms with E-state index in [1.165, 1.54) is 55.5 Å². The van der Waals surface area contributed by atoms with Gasteiger partial charge in [-0.05, 0) is 48.5 Å². The molecule has 7 nitrogen and oxygen atoms in total. The maximum Gasteiger partial charge on any atom is 0.416 e. The monoisotopic (exact) mass is 474 g/mol. The lowest BCUT2D eigenvalue weighted by Crippen LogP contribution is -2.23. The molecule has 0 spiro atoms. The summed E-state index contributed by atoms with van der Waals surface area (Å²) in [5.74, 6) is -1.58. The van der Waals surface area contributed by atoms with Gasteiger partial charge in [0.1, 0.15) is 0 Å². The van der Waals surface area contributed by atoms with Crippen LogP contribution in [0, 0.1) is 0 Å². The van der Waals surface area contributed by atoms with Crippen molar-refractivity contribution in [3.8, 4) is 0 Å². The maximum absolute atomic E-state index is 13.0. The number of anilines is 3. The van der Waals surface area contributed by atoms with Crippen LogP contribution >= 0.6 is 11.3 Å². The van der Waals surface area contributed by atoms with E-state index in [2.05, 4.69) is 10.3 Å². The van der Waals surface area contributed by atoms with Crippen LogP contribution in [0.2, 0.25) is 0 Å². The zero-order chi connectivity index (χ0) is 24.2. The van der Waals surface area contributed by atoms with Crippen LogP contribution in [0.3, 0.4) is 0 Å². The molecule has 0 aliphatic heterocycles. The lowest BCUT2D eigenvalue weighted by atomic mass is 10.2. The first kappa shape index (κ1) is 23.7. The van der Waals surface area contributed by atoms with Gasteiger partial charge < -0.3 is 11.1 Å². The van der Waals surface area contributed by atoms with Crippen LogP contribution in [0.5, 0.6) is 0 Å². The van der Waals surface area contributed by atoms with Gasteiger partial charge >= 0.3 is 6.18 Å². The number of amides is 3. The molecule has 1 aromatic heterocycles. The second kappa shape index (κ2) is 9.65. The quantitative estimate of drug-likeness (QED) is 0.510. The number of alkyl halides is 3. The molecule has 0 saturated carbocycles. The molecule has 3 N–H and O–H groups in total. The van der Waals surface area contributed by atoms with Crippen molar-refractivity contribution in [2.45, 2.75) is 13.1 Å². The van der Waals surface area contributed by atoms with E-state index in [1.54, 1.807) is 5.38 Å². The number of nitrogens with zero attached hydrogens (tertiary/aromatic N) is 2. The van der Waals surface area contributed by atoms with Crippen molar-refractivity contribution >= 4 is 51.6 Å². The number of carbonyl (C=O) groups excluding carboxylic acids is 3. The predicted molar refractivity (Wildman–Crippen MR) is 119 cm³/mol. The third-order valence-corrected chi connectivity index (χ3v) is 5.13. The Kier molecular flexibility index (Phi) is 6.92. The SMILES string of the molecule is CC(=O)N(c1cccc(C(F)(F)F)c1)c1nc(/C=C/C(=O)Nc2ccc(C(N)=O)cc2)cs1. The zero-order valence-electron chi connectivity index (χ0n) is 17.1. The number of benzene rings is 2. The molecule has 11 heteroatoms. The van der Waals surface area contributed by atoms with Gasteiger partial charge in [-0.15, -0.1) is 11.3 Å². The van der Waals surface area contributed by atoms with Crippen molar-refractivity contribution in [1.29, 1.82) is 0 Å². The molecule has 170 valence electrons. The summed E-state index contributed by atoms with van der Waals surface area (Å²) in [6.45, 7) is 1.22. The third kappa shape index (κ3) is 6.04. The molecular weight excluding hydrogens is 457 g/mol. The Bertz CT molecular complexity index is 1220. The molecular formula is C22H17F3N4O3S. The van der Waals surface area contributed by atoms with Gasteiger partial charge in [-0.2, -0.15) is 13.2 Å². The Balaban J connectivity index is 1.74. The first-order chi connectivity index (χ1) is 15.5. The Morgan fingerprint density at radius 1 is 1.12 bits per heavy atom. The molecule has 0 aliphatic carbocycles. The Morgan fingerprint density at radius 2 is 1.82 bits per heavy atom. The summed E-state index contributed by atoms with van der Waals surface area (Å²) in [7, 11) is 0. The minimum Gasteiger partial charge on any atom is -0.366 e. The number of carbonyl (C=O) groups is 3. The summed E-state index contributed by atoms with van der Waals surface area (Å²) >= 11 is 1.04. The highest BCUT2D eigenvalue weighted by atomic mass is 32.1. The standard InChI is InChI=1S/C22H17F3N4O3S/c1-13(30)29(18-4-2-3-15(11-18)22(23,24)25)21-28-17(12-33-21)9-10-19(31)27-16-7-5-14(6-8-16)20(26)32/h2-12H,1H3,(H2,26,32)(H,27,31)/b10-9+. The Hall–Kier alpha value is -3.99. The van der Waals surface area contributed by atoms with Crippen molar-refractivity contribution < 1.29 is 27.6 Å². The average Bonchev–Trinajstić information content (AvgIpc) is 3.20. The summed E-state index contributed by atoms with van der Waals surface area (Å²) in [5, 5.41) is 4.32. The lowest BCUT2D eigenvalue weighted by molar-refractivity contribution is -0.137. The molecule has 0 bridgehead atoms. The van der Waals surface area contributed by atoms with Crippen LogP contribution in [0.4, 0.5) is 29.7 Å². The molecule has 1 heterocycles. The molecule has 3 rings (SSSR count). The van der Waals surface area contributed by atoms with E-state index in [4.69, 9.17) is 5.73 Å². The number of rotatable bonds is 6. The fourth-order valence-electron chi connectivity index (χ4n) is 2.77. The molecule has 2 aromatic carbocycles. The number of primary amides is 1. The van der Waals surface area contributed by atoms with E-state index in [9.17, 15) is 27.6 Å². The number of nitrogens with two attached hydrogens (primary N) is 1. The highest BCUT2D eigenvalue weighted by Crippen LogP contribution is 2.35. The van der Waals surface area contributed by atoms with Crippen molar-refractivity contribution in [2.75, 3.05) is 10.2 Å². The lowest BCUT2D eigenvalue weighted by Gasteiger charge is -2.19. The predicted octanol–water partition coefficient (Wildman–Crippen LogP) is 4.60. The van der Waals surface area contributed by atoms with Crippen LogP contribution < -0.4 is 16.0 Å². The van der Waals surface area contributed by atoms with Gasteiger partial charge in [0, 0.05) is 29.6 Å². The normalized spacial score (nSPS) is 11.4. The number of nitrogens with one attached hydrogen (secondary N) is 1. The number of halogens is 3.